The van der Waals surface area contributed by atoms with Gasteiger partial charge in [0.25, 0.3) is 0 Å². The average Bonchev–Trinajstić information content (AvgIpc) is 2.43. The molecule has 0 atom stereocenters. The smallest absolute Gasteiger partial charge is 0.150 e. The van der Waals surface area contributed by atoms with E-state index in [0.29, 0.717) is 22.9 Å². The summed E-state index contributed by atoms with van der Waals surface area (Å²) >= 11 is 0. The molecule has 100 valence electrons. The van der Waals surface area contributed by atoms with E-state index < -0.39 is 0 Å². The SMILES string of the molecule is CCc1cccc(Oc2cccc(CC)c2N)c1N. The van der Waals surface area contributed by atoms with Crippen LogP contribution < -0.4 is 16.2 Å². The molecule has 0 bridgehead atoms. The third-order valence-electron chi connectivity index (χ3n) is 3.29. The summed E-state index contributed by atoms with van der Waals surface area (Å²) in [5.41, 5.74) is 15.7. The van der Waals surface area contributed by atoms with Crippen LogP contribution in [0.15, 0.2) is 36.4 Å². The Labute approximate surface area is 114 Å². The summed E-state index contributed by atoms with van der Waals surface area (Å²) in [5.74, 6) is 1.33. The number of aryl methyl sites for hydroxylation is 2. The molecule has 0 aliphatic heterocycles. The Hall–Kier alpha value is -2.16. The van der Waals surface area contributed by atoms with Crippen molar-refractivity contribution in [2.75, 3.05) is 11.5 Å². The number of ether oxygens (including phenoxy) is 1. The van der Waals surface area contributed by atoms with Gasteiger partial charge >= 0.3 is 0 Å². The molecule has 4 N–H and O–H groups in total. The summed E-state index contributed by atoms with van der Waals surface area (Å²) < 4.78 is 5.87. The molecule has 2 aromatic rings. The van der Waals surface area contributed by atoms with Crippen molar-refractivity contribution in [3.63, 3.8) is 0 Å². The second-order valence-electron chi connectivity index (χ2n) is 4.47. The van der Waals surface area contributed by atoms with Crippen LogP contribution in [0.5, 0.6) is 11.5 Å². The quantitative estimate of drug-likeness (QED) is 0.818. The van der Waals surface area contributed by atoms with Crippen molar-refractivity contribution >= 4 is 11.4 Å². The van der Waals surface area contributed by atoms with Gasteiger partial charge in [-0.25, -0.2) is 0 Å². The van der Waals surface area contributed by atoms with Gasteiger partial charge in [-0.3, -0.25) is 0 Å². The molecule has 3 heteroatoms. The maximum Gasteiger partial charge on any atom is 0.150 e. The standard InChI is InChI=1S/C16H20N2O/c1-3-11-7-5-9-13(15(11)17)19-14-10-6-8-12(4-2)16(14)18/h5-10H,3-4,17-18H2,1-2H3. The summed E-state index contributed by atoms with van der Waals surface area (Å²) in [5, 5.41) is 0. The van der Waals surface area contributed by atoms with Crippen LogP contribution in [0.1, 0.15) is 25.0 Å². The van der Waals surface area contributed by atoms with Crippen LogP contribution >= 0.6 is 0 Å². The summed E-state index contributed by atoms with van der Waals surface area (Å²) in [7, 11) is 0. The molecule has 0 fully saturated rings. The van der Waals surface area contributed by atoms with E-state index in [1.165, 1.54) is 0 Å². The van der Waals surface area contributed by atoms with Crippen molar-refractivity contribution < 1.29 is 4.74 Å². The molecule has 2 aromatic carbocycles. The topological polar surface area (TPSA) is 61.3 Å². The van der Waals surface area contributed by atoms with Crippen LogP contribution in [0.2, 0.25) is 0 Å². The number of benzene rings is 2. The largest absolute Gasteiger partial charge is 0.453 e. The Balaban J connectivity index is 2.36. The Morgan fingerprint density at radius 3 is 1.58 bits per heavy atom. The number of nitrogens with two attached hydrogens (primary N) is 2. The van der Waals surface area contributed by atoms with Gasteiger partial charge in [-0.1, -0.05) is 38.1 Å². The summed E-state index contributed by atoms with van der Waals surface area (Å²) in [6, 6.07) is 11.6. The molecule has 0 radical (unpaired) electrons. The zero-order valence-electron chi connectivity index (χ0n) is 11.4. The predicted octanol–water partition coefficient (Wildman–Crippen LogP) is 3.77. The lowest BCUT2D eigenvalue weighted by Gasteiger charge is -2.14. The van der Waals surface area contributed by atoms with Crippen LogP contribution in [0.3, 0.4) is 0 Å². The van der Waals surface area contributed by atoms with Crippen LogP contribution in [0.4, 0.5) is 11.4 Å². The number of hydrogen-bond donors (Lipinski definition) is 2. The number of anilines is 2. The second-order valence-corrected chi connectivity index (χ2v) is 4.47. The Bertz CT molecular complexity index is 527. The fourth-order valence-electron chi connectivity index (χ4n) is 2.09. The van der Waals surface area contributed by atoms with E-state index in [4.69, 9.17) is 16.2 Å². The van der Waals surface area contributed by atoms with Crippen LogP contribution in [0, 0.1) is 0 Å². The third-order valence-corrected chi connectivity index (χ3v) is 3.29. The van der Waals surface area contributed by atoms with Crippen LogP contribution in [-0.4, -0.2) is 0 Å². The average molecular weight is 256 g/mol. The van der Waals surface area contributed by atoms with Gasteiger partial charge in [0, 0.05) is 0 Å². The highest BCUT2D eigenvalue weighted by atomic mass is 16.5. The Morgan fingerprint density at radius 1 is 0.789 bits per heavy atom. The first kappa shape index (κ1) is 13.3. The second kappa shape index (κ2) is 5.65. The van der Waals surface area contributed by atoms with E-state index in [0.717, 1.165) is 24.0 Å². The molecule has 0 aliphatic rings. The van der Waals surface area contributed by atoms with E-state index in [1.807, 2.05) is 36.4 Å². The normalized spacial score (nSPS) is 10.4. The van der Waals surface area contributed by atoms with Crippen molar-refractivity contribution in [2.45, 2.75) is 26.7 Å². The molecule has 19 heavy (non-hydrogen) atoms. The van der Waals surface area contributed by atoms with Crippen molar-refractivity contribution in [3.8, 4) is 11.5 Å². The zero-order chi connectivity index (χ0) is 13.8. The zero-order valence-corrected chi connectivity index (χ0v) is 11.4. The van der Waals surface area contributed by atoms with Gasteiger partial charge in [0.2, 0.25) is 0 Å². The fourth-order valence-corrected chi connectivity index (χ4v) is 2.09. The van der Waals surface area contributed by atoms with Crippen molar-refractivity contribution in [2.24, 2.45) is 0 Å². The minimum Gasteiger partial charge on any atom is -0.453 e. The number of rotatable bonds is 4. The maximum absolute atomic E-state index is 6.10. The van der Waals surface area contributed by atoms with E-state index in [1.54, 1.807) is 0 Å². The highest BCUT2D eigenvalue weighted by molar-refractivity contribution is 5.64. The molecule has 0 saturated carbocycles. The predicted molar refractivity (Wildman–Crippen MR) is 80.5 cm³/mol. The van der Waals surface area contributed by atoms with Gasteiger partial charge in [-0.15, -0.1) is 0 Å². The van der Waals surface area contributed by atoms with E-state index in [9.17, 15) is 0 Å². The van der Waals surface area contributed by atoms with Crippen molar-refractivity contribution in [1.29, 1.82) is 0 Å². The fraction of sp³-hybridized carbons (Fsp3) is 0.250. The first-order valence-corrected chi connectivity index (χ1v) is 6.59. The molecule has 0 heterocycles. The molecule has 3 nitrogen and oxygen atoms in total. The monoisotopic (exact) mass is 256 g/mol. The molecular formula is C16H20N2O. The van der Waals surface area contributed by atoms with Gasteiger partial charge in [0.15, 0.2) is 11.5 Å². The number of para-hydroxylation sites is 2. The highest BCUT2D eigenvalue weighted by Crippen LogP contribution is 2.34. The summed E-state index contributed by atoms with van der Waals surface area (Å²) in [6.07, 6.45) is 1.76. The van der Waals surface area contributed by atoms with Crippen molar-refractivity contribution in [1.82, 2.24) is 0 Å². The van der Waals surface area contributed by atoms with Gasteiger partial charge < -0.3 is 16.2 Å². The number of nitrogen functional groups attached to an aromatic ring is 2. The number of hydrogen-bond acceptors (Lipinski definition) is 3. The third kappa shape index (κ3) is 2.65. The van der Waals surface area contributed by atoms with Gasteiger partial charge in [-0.05, 0) is 36.1 Å². The molecule has 0 aliphatic carbocycles. The van der Waals surface area contributed by atoms with Crippen LogP contribution in [0.25, 0.3) is 0 Å². The van der Waals surface area contributed by atoms with Crippen molar-refractivity contribution in [3.05, 3.63) is 47.5 Å². The minimum atomic E-state index is 0.666. The molecule has 0 saturated heterocycles. The molecule has 0 spiro atoms. The van der Waals surface area contributed by atoms with E-state index >= 15 is 0 Å². The lowest BCUT2D eigenvalue weighted by molar-refractivity contribution is 0.486. The Morgan fingerprint density at radius 2 is 1.21 bits per heavy atom. The van der Waals surface area contributed by atoms with Gasteiger partial charge in [-0.2, -0.15) is 0 Å². The van der Waals surface area contributed by atoms with E-state index in [-0.39, 0.29) is 0 Å². The molecule has 0 amide bonds. The Kier molecular flexibility index (Phi) is 3.95. The highest BCUT2D eigenvalue weighted by Gasteiger charge is 2.09. The first-order chi connectivity index (χ1) is 9.17. The molecule has 0 aromatic heterocycles. The lowest BCUT2D eigenvalue weighted by atomic mass is 10.1. The summed E-state index contributed by atoms with van der Waals surface area (Å²) in [4.78, 5) is 0. The molecule has 0 unspecified atom stereocenters. The van der Waals surface area contributed by atoms with Crippen LogP contribution in [-0.2, 0) is 12.8 Å². The lowest BCUT2D eigenvalue weighted by Crippen LogP contribution is -2.00. The summed E-state index contributed by atoms with van der Waals surface area (Å²) in [6.45, 7) is 4.14. The minimum absolute atomic E-state index is 0.666. The van der Waals surface area contributed by atoms with Gasteiger partial charge in [0.05, 0.1) is 11.4 Å². The maximum atomic E-state index is 6.10. The molecular weight excluding hydrogens is 236 g/mol. The molecule has 2 rings (SSSR count). The van der Waals surface area contributed by atoms with E-state index in [2.05, 4.69) is 13.8 Å². The first-order valence-electron chi connectivity index (χ1n) is 6.59. The van der Waals surface area contributed by atoms with Gasteiger partial charge in [0.1, 0.15) is 0 Å².